The number of carbonyl (C=O) groups is 2. The first-order valence-electron chi connectivity index (χ1n) is 10.2. The van der Waals surface area contributed by atoms with Crippen LogP contribution in [0.1, 0.15) is 22.8 Å². The molecule has 1 aromatic carbocycles. The summed E-state index contributed by atoms with van der Waals surface area (Å²) in [6, 6.07) is 2.35. The molecule has 0 aliphatic carbocycles. The van der Waals surface area contributed by atoms with E-state index in [-0.39, 0.29) is 49.7 Å². The molecule has 0 aromatic heterocycles. The molecule has 3 saturated heterocycles. The van der Waals surface area contributed by atoms with Gasteiger partial charge in [0.25, 0.3) is 0 Å². The lowest BCUT2D eigenvalue weighted by atomic mass is 9.89. The van der Waals surface area contributed by atoms with E-state index in [0.717, 1.165) is 18.2 Å². The van der Waals surface area contributed by atoms with Gasteiger partial charge in [0.15, 0.2) is 0 Å². The Balaban J connectivity index is 1.36. The number of rotatable bonds is 3. The maximum Gasteiger partial charge on any atom is 0.416 e. The first-order valence-corrected chi connectivity index (χ1v) is 11.3. The molecule has 1 aromatic rings. The minimum absolute atomic E-state index is 0.0230. The minimum atomic E-state index is -4.71. The van der Waals surface area contributed by atoms with Gasteiger partial charge in [0.2, 0.25) is 5.91 Å². The summed E-state index contributed by atoms with van der Waals surface area (Å²) in [6.45, 7) is 1.41. The molecule has 0 radical (unpaired) electrons. The van der Waals surface area contributed by atoms with Crippen molar-refractivity contribution in [2.45, 2.75) is 35.2 Å². The van der Waals surface area contributed by atoms with E-state index in [1.807, 2.05) is 0 Å². The van der Waals surface area contributed by atoms with Gasteiger partial charge in [-0.1, -0.05) is 6.07 Å². The van der Waals surface area contributed by atoms with Gasteiger partial charge in [-0.2, -0.15) is 38.4 Å². The summed E-state index contributed by atoms with van der Waals surface area (Å²) in [5, 5.41) is 1.06. The number of carbonyl (C=O) groups excluding carboxylic acids is 2. The van der Waals surface area contributed by atoms with Crippen LogP contribution in [0.5, 0.6) is 0 Å². The van der Waals surface area contributed by atoms with Gasteiger partial charge in [0.1, 0.15) is 12.4 Å². The zero-order chi connectivity index (χ0) is 23.2. The van der Waals surface area contributed by atoms with Crippen LogP contribution in [0.4, 0.5) is 22.4 Å². The molecule has 1 N–H and O–H groups in total. The first kappa shape index (κ1) is 23.5. The van der Waals surface area contributed by atoms with Gasteiger partial charge in [-0.15, -0.1) is 0 Å². The molecule has 3 amide bonds. The average Bonchev–Trinajstić information content (AvgIpc) is 2.70. The van der Waals surface area contributed by atoms with Crippen LogP contribution in [0.2, 0.25) is 0 Å². The average molecular weight is 494 g/mol. The fourth-order valence-corrected chi connectivity index (χ4v) is 5.32. The quantitative estimate of drug-likeness (QED) is 0.448. The molecule has 0 spiro atoms. The molecule has 3 fully saturated rings. The number of ether oxygens (including phenoxy) is 1. The number of thiol groups is 2. The predicted octanol–water partition coefficient (Wildman–Crippen LogP) is 2.75. The van der Waals surface area contributed by atoms with E-state index in [2.05, 4.69) is 30.6 Å². The van der Waals surface area contributed by atoms with Crippen molar-refractivity contribution in [3.63, 3.8) is 0 Å². The maximum atomic E-state index is 14.3. The van der Waals surface area contributed by atoms with Crippen LogP contribution >= 0.6 is 25.3 Å². The van der Waals surface area contributed by atoms with Crippen LogP contribution in [0.25, 0.3) is 0 Å². The molecular formula is C20H23F4N3O3S2. The summed E-state index contributed by atoms with van der Waals surface area (Å²) in [7, 11) is 0. The number of amides is 3. The molecule has 0 bridgehead atoms. The Bertz CT molecular complexity index is 897. The van der Waals surface area contributed by atoms with Crippen LogP contribution in [0.3, 0.4) is 0 Å². The summed E-state index contributed by atoms with van der Waals surface area (Å²) in [5.74, 6) is -1.43. The largest absolute Gasteiger partial charge is 0.416 e. The Kier molecular flexibility index (Phi) is 6.56. The topological polar surface area (TPSA) is 61.9 Å². The van der Waals surface area contributed by atoms with Crippen molar-refractivity contribution in [1.29, 1.82) is 0 Å². The highest BCUT2D eigenvalue weighted by Gasteiger charge is 2.44. The number of urea groups is 1. The number of hydrogen-bond acceptors (Lipinski definition) is 5. The van der Waals surface area contributed by atoms with E-state index in [0.29, 0.717) is 19.5 Å². The lowest BCUT2D eigenvalue weighted by molar-refractivity contribution is -0.140. The van der Waals surface area contributed by atoms with Crippen LogP contribution < -0.4 is 5.32 Å². The van der Waals surface area contributed by atoms with E-state index < -0.39 is 33.6 Å². The van der Waals surface area contributed by atoms with Crippen LogP contribution in [0, 0.1) is 11.7 Å². The number of hydrogen-bond donors (Lipinski definition) is 3. The summed E-state index contributed by atoms with van der Waals surface area (Å²) < 4.78 is 59.8. The van der Waals surface area contributed by atoms with Crippen molar-refractivity contribution in [2.24, 2.45) is 5.92 Å². The van der Waals surface area contributed by atoms with Crippen molar-refractivity contribution in [2.75, 3.05) is 32.8 Å². The minimum Gasteiger partial charge on any atom is -0.366 e. The number of fused-ring (bicyclic) bond motifs is 1. The van der Waals surface area contributed by atoms with Gasteiger partial charge in [-0.25, -0.2) is 9.18 Å². The monoisotopic (exact) mass is 493 g/mol. The molecule has 4 rings (SSSR count). The molecule has 6 nitrogen and oxygen atoms in total. The second kappa shape index (κ2) is 8.94. The SMILES string of the molecule is O=C1CO[C@H]2CCN(C(=O)N3CC(C(S)C(S)c4c(F)cccc4C(F)(F)F)C3)C[C@H]2N1. The van der Waals surface area contributed by atoms with Crippen molar-refractivity contribution >= 4 is 37.2 Å². The van der Waals surface area contributed by atoms with E-state index in [9.17, 15) is 27.2 Å². The number of alkyl halides is 3. The number of nitrogens with zero attached hydrogens (tertiary/aromatic N) is 2. The Hall–Kier alpha value is -1.66. The molecule has 3 aliphatic heterocycles. The number of benzene rings is 1. The number of likely N-dealkylation sites (tertiary alicyclic amines) is 2. The number of morpholine rings is 1. The number of piperidine rings is 1. The fourth-order valence-electron chi connectivity index (χ4n) is 4.47. The van der Waals surface area contributed by atoms with Crippen molar-refractivity contribution < 1.29 is 31.9 Å². The zero-order valence-electron chi connectivity index (χ0n) is 16.9. The summed E-state index contributed by atoms with van der Waals surface area (Å²) >= 11 is 8.71. The number of halogens is 4. The van der Waals surface area contributed by atoms with Gasteiger partial charge < -0.3 is 19.9 Å². The van der Waals surface area contributed by atoms with E-state index in [1.54, 1.807) is 9.80 Å². The summed E-state index contributed by atoms with van der Waals surface area (Å²) in [5.41, 5.74) is -1.59. The maximum absolute atomic E-state index is 14.3. The highest BCUT2D eigenvalue weighted by molar-refractivity contribution is 7.85. The lowest BCUT2D eigenvalue weighted by Crippen LogP contribution is -2.64. The molecule has 0 saturated carbocycles. The highest BCUT2D eigenvalue weighted by atomic mass is 32.1. The summed E-state index contributed by atoms with van der Waals surface area (Å²) in [6.07, 6.45) is -4.22. The molecule has 2 unspecified atom stereocenters. The normalized spacial score (nSPS) is 26.1. The summed E-state index contributed by atoms with van der Waals surface area (Å²) in [4.78, 5) is 27.6. The Morgan fingerprint density at radius 1 is 1.19 bits per heavy atom. The smallest absolute Gasteiger partial charge is 0.366 e. The Labute approximate surface area is 193 Å². The van der Waals surface area contributed by atoms with Gasteiger partial charge in [-0.05, 0) is 18.6 Å². The molecule has 176 valence electrons. The van der Waals surface area contributed by atoms with Crippen molar-refractivity contribution in [3.05, 3.63) is 35.1 Å². The van der Waals surface area contributed by atoms with Gasteiger partial charge in [0.05, 0.1) is 17.7 Å². The van der Waals surface area contributed by atoms with Crippen LogP contribution in [-0.2, 0) is 15.7 Å². The third-order valence-corrected chi connectivity index (χ3v) is 7.77. The van der Waals surface area contributed by atoms with Crippen molar-refractivity contribution in [3.8, 4) is 0 Å². The Morgan fingerprint density at radius 2 is 1.91 bits per heavy atom. The first-order chi connectivity index (χ1) is 15.1. The molecule has 3 aliphatic rings. The fraction of sp³-hybridized carbons (Fsp3) is 0.600. The Morgan fingerprint density at radius 3 is 2.59 bits per heavy atom. The molecule has 32 heavy (non-hydrogen) atoms. The van der Waals surface area contributed by atoms with E-state index in [4.69, 9.17) is 4.74 Å². The molecule has 3 heterocycles. The van der Waals surface area contributed by atoms with E-state index >= 15 is 0 Å². The van der Waals surface area contributed by atoms with E-state index in [1.165, 1.54) is 0 Å². The standard InChI is InChI=1S/C20H23F4N3O3S2/c21-12-3-1-2-11(20(22,23)24)16(12)18(32)17(31)10-6-27(7-10)19(29)26-5-4-14-13(8-26)25-15(28)9-30-14/h1-3,10,13-14,17-18,31-32H,4-9H2,(H,25,28)/t13-,14+,17?,18?/m1/s1. The predicted molar refractivity (Wildman–Crippen MR) is 114 cm³/mol. The van der Waals surface area contributed by atoms with Crippen LogP contribution in [-0.4, -0.2) is 71.9 Å². The molecular weight excluding hydrogens is 470 g/mol. The van der Waals surface area contributed by atoms with Gasteiger partial charge >= 0.3 is 12.2 Å². The molecule has 12 heteroatoms. The van der Waals surface area contributed by atoms with Crippen LogP contribution in [0.15, 0.2) is 18.2 Å². The van der Waals surface area contributed by atoms with Gasteiger partial charge in [-0.3, -0.25) is 4.79 Å². The van der Waals surface area contributed by atoms with Gasteiger partial charge in [0, 0.05) is 48.2 Å². The highest BCUT2D eigenvalue weighted by Crippen LogP contribution is 2.43. The third-order valence-electron chi connectivity index (χ3n) is 6.24. The third kappa shape index (κ3) is 4.54. The second-order valence-corrected chi connectivity index (χ2v) is 9.49. The number of nitrogens with one attached hydrogen (secondary N) is 1. The zero-order valence-corrected chi connectivity index (χ0v) is 18.7. The van der Waals surface area contributed by atoms with Crippen molar-refractivity contribution in [1.82, 2.24) is 15.1 Å². The second-order valence-electron chi connectivity index (χ2n) is 8.34. The lowest BCUT2D eigenvalue weighted by Gasteiger charge is -2.48. The molecule has 4 atom stereocenters.